The van der Waals surface area contributed by atoms with Gasteiger partial charge in [0, 0.05) is 51.4 Å². The molecule has 2 atom stereocenters. The fourth-order valence-electron chi connectivity index (χ4n) is 8.38. The second kappa shape index (κ2) is 24.3. The number of hydrogen-bond acceptors (Lipinski definition) is 13. The number of rotatable bonds is 23. The fraction of sp³-hybridized carbons (Fsp3) is 0.396. The van der Waals surface area contributed by atoms with E-state index in [0.717, 1.165) is 28.1 Å². The van der Waals surface area contributed by atoms with Crippen molar-refractivity contribution in [3.8, 4) is 27.7 Å². The Morgan fingerprint density at radius 2 is 1.58 bits per heavy atom. The number of sulfonamides is 1. The van der Waals surface area contributed by atoms with Crippen LogP contribution >= 0.6 is 11.3 Å². The van der Waals surface area contributed by atoms with Gasteiger partial charge in [-0.05, 0) is 79.1 Å². The van der Waals surface area contributed by atoms with Crippen molar-refractivity contribution in [3.05, 3.63) is 118 Å². The summed E-state index contributed by atoms with van der Waals surface area (Å²) in [5.41, 5.74) is 4.90. The summed E-state index contributed by atoms with van der Waals surface area (Å²) in [5.74, 6) is -0.545. The maximum atomic E-state index is 14.0. The van der Waals surface area contributed by atoms with Crippen molar-refractivity contribution in [1.82, 2.24) is 35.0 Å². The van der Waals surface area contributed by atoms with Gasteiger partial charge in [0.1, 0.15) is 30.2 Å². The lowest BCUT2D eigenvalue weighted by molar-refractivity contribution is -0.144. The molecule has 1 fully saturated rings. The van der Waals surface area contributed by atoms with E-state index >= 15 is 0 Å². The van der Waals surface area contributed by atoms with E-state index in [0.29, 0.717) is 55.1 Å². The molecule has 1 aliphatic heterocycles. The average Bonchev–Trinajstić information content (AvgIpc) is 4.10. The maximum Gasteiger partial charge on any atom is 0.328 e. The first kappa shape index (κ1) is 54.7. The van der Waals surface area contributed by atoms with Gasteiger partial charge in [0.25, 0.3) is 15.9 Å². The quantitative estimate of drug-likeness (QED) is 0.0519. The van der Waals surface area contributed by atoms with Crippen LogP contribution in [-0.2, 0) is 54.5 Å². The number of aromatic nitrogens is 3. The highest BCUT2D eigenvalue weighted by molar-refractivity contribution is 7.92. The van der Waals surface area contributed by atoms with Crippen LogP contribution in [0.15, 0.2) is 100 Å². The van der Waals surface area contributed by atoms with Crippen LogP contribution in [0.3, 0.4) is 0 Å². The van der Waals surface area contributed by atoms with Gasteiger partial charge in [0.2, 0.25) is 17.7 Å². The van der Waals surface area contributed by atoms with E-state index in [-0.39, 0.29) is 72.4 Å². The number of nitrogens with one attached hydrogen (secondary N) is 4. The average molecular weight is 1050 g/mol. The van der Waals surface area contributed by atoms with Crippen LogP contribution in [-0.4, -0.2) is 109 Å². The Morgan fingerprint density at radius 3 is 2.30 bits per heavy atom. The molecule has 4 amide bonds. The van der Waals surface area contributed by atoms with Crippen LogP contribution in [0.5, 0.6) is 17.2 Å². The van der Waals surface area contributed by atoms with Crippen LogP contribution in [0.4, 0.5) is 5.69 Å². The first-order valence-corrected chi connectivity index (χ1v) is 26.7. The van der Waals surface area contributed by atoms with Gasteiger partial charge >= 0.3 is 5.69 Å². The Hall–Kier alpha value is -7.07. The number of likely N-dealkylation sites (tertiary alicyclic amines) is 1. The van der Waals surface area contributed by atoms with Crippen molar-refractivity contribution in [2.45, 2.75) is 77.4 Å². The molecule has 2 aromatic heterocycles. The van der Waals surface area contributed by atoms with Crippen molar-refractivity contribution in [1.29, 1.82) is 0 Å². The molecule has 0 spiro atoms. The number of anilines is 1. The molecule has 19 nitrogen and oxygen atoms in total. The van der Waals surface area contributed by atoms with Crippen LogP contribution in [0.2, 0.25) is 0 Å². The van der Waals surface area contributed by atoms with Crippen LogP contribution < -0.4 is 35.8 Å². The van der Waals surface area contributed by atoms with E-state index in [1.807, 2.05) is 64.4 Å². The van der Waals surface area contributed by atoms with Crippen LogP contribution in [0.25, 0.3) is 21.5 Å². The standard InChI is InChI=1S/C53H64N8O11S2/c1-8-23-71-38-13-10-14-39(28-38)72-45-30-44-43(59(6)52(66)60(44)7)29-41(45)58-74(67,68)40-15-9-12-37(27-40)49(63)54-21-24-69-25-26-70-32-46(62)57-48(53(3,4)5)51(65)61-22-11-16-42(61)50(64)55-31-35-17-19-36(20-18-35)47-34(2)56-33-73-47/h9-10,12-15,17-20,27-30,33,42,48,58H,8,11,16,21-26,31-32H2,1-7H3,(H,54,63)(H,55,64)(H,57,62)/t42-,48?/m0/s1. The van der Waals surface area contributed by atoms with Gasteiger partial charge in [-0.1, -0.05) is 64.1 Å². The molecule has 1 saturated heterocycles. The van der Waals surface area contributed by atoms with Gasteiger partial charge in [-0.15, -0.1) is 11.3 Å². The molecule has 0 saturated carbocycles. The Kier molecular flexibility index (Phi) is 18.0. The van der Waals surface area contributed by atoms with Crippen LogP contribution in [0, 0.1) is 12.3 Å². The predicted molar refractivity (Wildman–Crippen MR) is 282 cm³/mol. The number of carbonyl (C=O) groups is 4. The second-order valence-electron chi connectivity index (χ2n) is 19.0. The lowest BCUT2D eigenvalue weighted by Crippen LogP contribution is -2.58. The third kappa shape index (κ3) is 13.6. The van der Waals surface area contributed by atoms with Crippen molar-refractivity contribution < 1.29 is 46.5 Å². The van der Waals surface area contributed by atoms with E-state index in [1.54, 1.807) is 60.7 Å². The lowest BCUT2D eigenvalue weighted by Gasteiger charge is -2.35. The summed E-state index contributed by atoms with van der Waals surface area (Å²) in [4.78, 5) is 73.3. The van der Waals surface area contributed by atoms with E-state index < -0.39 is 39.3 Å². The van der Waals surface area contributed by atoms with Crippen molar-refractivity contribution in [2.24, 2.45) is 19.5 Å². The number of imidazole rings is 1. The predicted octanol–water partition coefficient (Wildman–Crippen LogP) is 6.29. The van der Waals surface area contributed by atoms with Crippen LogP contribution in [0.1, 0.15) is 68.6 Å². The van der Waals surface area contributed by atoms with Gasteiger partial charge < -0.3 is 39.8 Å². The summed E-state index contributed by atoms with van der Waals surface area (Å²) in [6, 6.07) is 21.9. The van der Waals surface area contributed by atoms with Crippen molar-refractivity contribution in [3.63, 3.8) is 0 Å². The van der Waals surface area contributed by atoms with E-state index in [1.165, 1.54) is 39.5 Å². The minimum atomic E-state index is -4.31. The largest absolute Gasteiger partial charge is 0.493 e. The second-order valence-corrected chi connectivity index (χ2v) is 21.5. The van der Waals surface area contributed by atoms with Crippen molar-refractivity contribution in [2.75, 3.05) is 50.8 Å². The zero-order valence-electron chi connectivity index (χ0n) is 42.7. The molecular weight excluding hydrogens is 989 g/mol. The van der Waals surface area contributed by atoms with E-state index in [9.17, 15) is 32.4 Å². The monoisotopic (exact) mass is 1050 g/mol. The van der Waals surface area contributed by atoms with E-state index in [2.05, 4.69) is 25.7 Å². The zero-order valence-corrected chi connectivity index (χ0v) is 44.3. The first-order chi connectivity index (χ1) is 35.3. The molecule has 21 heteroatoms. The molecule has 1 unspecified atom stereocenters. The lowest BCUT2D eigenvalue weighted by atomic mass is 9.85. The topological polar surface area (TPSA) is 231 Å². The number of benzene rings is 4. The summed E-state index contributed by atoms with van der Waals surface area (Å²) >= 11 is 1.58. The maximum absolute atomic E-state index is 14.0. The number of hydrogen-bond donors (Lipinski definition) is 4. The normalized spacial score (nSPS) is 14.1. The van der Waals surface area contributed by atoms with E-state index in [4.69, 9.17) is 18.9 Å². The molecule has 7 rings (SSSR count). The summed E-state index contributed by atoms with van der Waals surface area (Å²) in [6.45, 7) is 10.7. The number of ether oxygens (including phenoxy) is 4. The first-order valence-electron chi connectivity index (χ1n) is 24.4. The highest BCUT2D eigenvalue weighted by Crippen LogP contribution is 2.36. The molecule has 74 heavy (non-hydrogen) atoms. The third-order valence-corrected chi connectivity index (χ3v) is 14.7. The minimum Gasteiger partial charge on any atom is -0.493 e. The number of carbonyl (C=O) groups excluding carboxylic acids is 4. The molecule has 3 heterocycles. The minimum absolute atomic E-state index is 0.0460. The smallest absolute Gasteiger partial charge is 0.328 e. The van der Waals surface area contributed by atoms with Gasteiger partial charge in [-0.2, -0.15) is 0 Å². The van der Waals surface area contributed by atoms with Gasteiger partial charge in [0.15, 0.2) is 5.75 Å². The Labute approximate surface area is 434 Å². The molecule has 0 aliphatic carbocycles. The summed E-state index contributed by atoms with van der Waals surface area (Å²) in [7, 11) is -1.12. The number of amides is 4. The van der Waals surface area contributed by atoms with Gasteiger partial charge in [-0.25, -0.2) is 18.2 Å². The summed E-state index contributed by atoms with van der Waals surface area (Å²) in [5, 5.41) is 8.53. The Morgan fingerprint density at radius 1 is 0.865 bits per heavy atom. The zero-order chi connectivity index (χ0) is 53.2. The molecule has 1 aliphatic rings. The number of thiazole rings is 1. The van der Waals surface area contributed by atoms with Crippen molar-refractivity contribution >= 4 is 61.7 Å². The van der Waals surface area contributed by atoms with Gasteiger partial charge in [0.05, 0.1) is 64.1 Å². The molecule has 4 aromatic carbocycles. The highest BCUT2D eigenvalue weighted by atomic mass is 32.2. The SMILES string of the molecule is CCCOc1cccc(Oc2cc3c(cc2NS(=O)(=O)c2cccc(C(=O)NCCOCCOCC(=O)NC(C(=O)N4CCC[C@H]4C(=O)NCc4ccc(-c5scnc5C)cc4)C(C)(C)C)c2)n(C)c(=O)n3C)c1. The molecular formula is C53H64N8O11S2. The molecule has 6 aromatic rings. The molecule has 0 radical (unpaired) electrons. The molecule has 0 bridgehead atoms. The molecule has 394 valence electrons. The van der Waals surface area contributed by atoms with Gasteiger partial charge in [-0.3, -0.25) is 33.0 Å². The fourth-order valence-corrected chi connectivity index (χ4v) is 10.3. The Bertz CT molecular complexity index is 3140. The molecule has 4 N–H and O–H groups in total. The number of aryl methyl sites for hydroxylation is 3. The summed E-state index contributed by atoms with van der Waals surface area (Å²) in [6.07, 6.45) is 1.97. The Balaban J connectivity index is 0.853. The summed E-state index contributed by atoms with van der Waals surface area (Å²) < 4.78 is 56.3. The number of fused-ring (bicyclic) bond motifs is 1. The highest BCUT2D eigenvalue weighted by Gasteiger charge is 2.42. The third-order valence-electron chi connectivity index (χ3n) is 12.4. The number of nitrogens with zero attached hydrogens (tertiary/aromatic N) is 4.